The summed E-state index contributed by atoms with van der Waals surface area (Å²) in [5.74, 6) is 0.155. The molecule has 1 heterocycles. The summed E-state index contributed by atoms with van der Waals surface area (Å²) >= 11 is 0. The van der Waals surface area contributed by atoms with Gasteiger partial charge in [0.05, 0.1) is 5.52 Å². The van der Waals surface area contributed by atoms with Gasteiger partial charge in [-0.15, -0.1) is 0 Å². The standard InChI is InChI=1S/C29H25N5O/c1-2-27(35)34-24-13-7-9-20(15-24)25-16-21(17-26-28(25)31-18-32-29(26)30)19-8-6-12-23(14-19)33-22-10-4-3-5-11-22/h2-10,12-18,22,33H,1,11H2,(H,34,35)(H2,30,31,32). The van der Waals surface area contributed by atoms with Crippen LogP contribution >= 0.6 is 0 Å². The van der Waals surface area contributed by atoms with Crippen molar-refractivity contribution in [3.63, 3.8) is 0 Å². The molecule has 5 rings (SSSR count). The number of allylic oxidation sites excluding steroid dienone is 2. The number of anilines is 3. The van der Waals surface area contributed by atoms with Crippen molar-refractivity contribution in [3.05, 3.63) is 104 Å². The Bertz CT molecular complexity index is 1490. The first kappa shape index (κ1) is 22.1. The van der Waals surface area contributed by atoms with Gasteiger partial charge >= 0.3 is 0 Å². The van der Waals surface area contributed by atoms with Crippen LogP contribution in [0.3, 0.4) is 0 Å². The van der Waals surface area contributed by atoms with E-state index in [2.05, 4.69) is 75.8 Å². The zero-order valence-corrected chi connectivity index (χ0v) is 19.1. The lowest BCUT2D eigenvalue weighted by molar-refractivity contribution is -0.111. The highest BCUT2D eigenvalue weighted by Gasteiger charge is 2.13. The normalized spacial score (nSPS) is 14.6. The predicted octanol–water partition coefficient (Wildman–Crippen LogP) is 5.97. The van der Waals surface area contributed by atoms with Crippen LogP contribution < -0.4 is 16.4 Å². The van der Waals surface area contributed by atoms with Gasteiger partial charge in [0.15, 0.2) is 0 Å². The average Bonchev–Trinajstić information content (AvgIpc) is 2.89. The second-order valence-corrected chi connectivity index (χ2v) is 8.33. The second kappa shape index (κ2) is 9.65. The molecule has 1 atom stereocenters. The summed E-state index contributed by atoms with van der Waals surface area (Å²) in [5, 5.41) is 7.18. The number of benzene rings is 3. The fourth-order valence-electron chi connectivity index (χ4n) is 4.22. The summed E-state index contributed by atoms with van der Waals surface area (Å²) in [6.45, 7) is 3.52. The molecule has 4 aromatic rings. The van der Waals surface area contributed by atoms with E-state index in [0.29, 0.717) is 11.5 Å². The van der Waals surface area contributed by atoms with E-state index in [1.807, 2.05) is 36.4 Å². The quantitative estimate of drug-likeness (QED) is 0.309. The van der Waals surface area contributed by atoms with Crippen LogP contribution in [0.15, 0.2) is 104 Å². The van der Waals surface area contributed by atoms with Crippen LogP contribution in [-0.2, 0) is 4.79 Å². The molecule has 172 valence electrons. The molecule has 6 nitrogen and oxygen atoms in total. The third-order valence-corrected chi connectivity index (χ3v) is 5.92. The van der Waals surface area contributed by atoms with Crippen LogP contribution in [-0.4, -0.2) is 21.9 Å². The molecule has 4 N–H and O–H groups in total. The largest absolute Gasteiger partial charge is 0.383 e. The third kappa shape index (κ3) is 4.82. The Labute approximate surface area is 203 Å². The SMILES string of the molecule is C=CC(=O)Nc1cccc(-c2cc(-c3cccc(NC4C=CC=CC4)c3)cc3c(N)ncnc23)c1. The molecule has 0 aliphatic heterocycles. The predicted molar refractivity (Wildman–Crippen MR) is 144 cm³/mol. The van der Waals surface area contributed by atoms with Crippen LogP contribution in [0.2, 0.25) is 0 Å². The summed E-state index contributed by atoms with van der Waals surface area (Å²) in [7, 11) is 0. The molecule has 0 radical (unpaired) electrons. The van der Waals surface area contributed by atoms with Crippen molar-refractivity contribution in [1.29, 1.82) is 0 Å². The number of aromatic nitrogens is 2. The van der Waals surface area contributed by atoms with Crippen molar-refractivity contribution in [3.8, 4) is 22.3 Å². The average molecular weight is 460 g/mol. The highest BCUT2D eigenvalue weighted by atomic mass is 16.1. The van der Waals surface area contributed by atoms with E-state index >= 15 is 0 Å². The summed E-state index contributed by atoms with van der Waals surface area (Å²) < 4.78 is 0. The molecule has 1 aliphatic carbocycles. The fraction of sp³-hybridized carbons (Fsp3) is 0.0690. The maximum atomic E-state index is 11.8. The topological polar surface area (TPSA) is 92.9 Å². The first-order valence-corrected chi connectivity index (χ1v) is 11.4. The van der Waals surface area contributed by atoms with E-state index in [0.717, 1.165) is 45.3 Å². The van der Waals surface area contributed by atoms with Crippen molar-refractivity contribution in [2.45, 2.75) is 12.5 Å². The number of nitrogen functional groups attached to an aromatic ring is 1. The summed E-state index contributed by atoms with van der Waals surface area (Å²) in [6.07, 6.45) is 12.1. The van der Waals surface area contributed by atoms with Crippen LogP contribution in [0.5, 0.6) is 0 Å². The van der Waals surface area contributed by atoms with Crippen LogP contribution in [0.25, 0.3) is 33.2 Å². The number of hydrogen-bond donors (Lipinski definition) is 3. The Morgan fingerprint density at radius 1 is 0.971 bits per heavy atom. The summed E-state index contributed by atoms with van der Waals surface area (Å²) in [4.78, 5) is 20.6. The van der Waals surface area contributed by atoms with Crippen LogP contribution in [0.1, 0.15) is 6.42 Å². The lowest BCUT2D eigenvalue weighted by Gasteiger charge is -2.17. The maximum Gasteiger partial charge on any atom is 0.247 e. The molecule has 3 aromatic carbocycles. The molecule has 35 heavy (non-hydrogen) atoms. The Morgan fingerprint density at radius 2 is 1.77 bits per heavy atom. The van der Waals surface area contributed by atoms with E-state index < -0.39 is 0 Å². The molecule has 1 amide bonds. The minimum absolute atomic E-state index is 0.264. The number of hydrogen-bond acceptors (Lipinski definition) is 5. The first-order valence-electron chi connectivity index (χ1n) is 11.4. The van der Waals surface area contributed by atoms with E-state index in [1.165, 1.54) is 12.4 Å². The zero-order valence-electron chi connectivity index (χ0n) is 19.1. The van der Waals surface area contributed by atoms with Crippen molar-refractivity contribution < 1.29 is 4.79 Å². The molecule has 0 fully saturated rings. The Kier molecular flexibility index (Phi) is 6.09. The van der Waals surface area contributed by atoms with Crippen molar-refractivity contribution in [2.24, 2.45) is 0 Å². The van der Waals surface area contributed by atoms with Gasteiger partial charge in [0, 0.05) is 28.4 Å². The lowest BCUT2D eigenvalue weighted by Crippen LogP contribution is -2.16. The lowest BCUT2D eigenvalue weighted by atomic mass is 9.95. The minimum Gasteiger partial charge on any atom is -0.383 e. The van der Waals surface area contributed by atoms with E-state index in [9.17, 15) is 4.79 Å². The molecule has 1 aromatic heterocycles. The molecule has 1 aliphatic rings. The number of carbonyl (C=O) groups excluding carboxylic acids is 1. The van der Waals surface area contributed by atoms with Gasteiger partial charge in [-0.3, -0.25) is 4.79 Å². The smallest absolute Gasteiger partial charge is 0.247 e. The summed E-state index contributed by atoms with van der Waals surface area (Å²) in [5.41, 5.74) is 12.6. The Balaban J connectivity index is 1.59. The Morgan fingerprint density at radius 3 is 2.57 bits per heavy atom. The highest BCUT2D eigenvalue weighted by molar-refractivity contribution is 6.03. The minimum atomic E-state index is -0.264. The highest BCUT2D eigenvalue weighted by Crippen LogP contribution is 2.36. The third-order valence-electron chi connectivity index (χ3n) is 5.92. The van der Waals surface area contributed by atoms with Crippen molar-refractivity contribution in [1.82, 2.24) is 9.97 Å². The monoisotopic (exact) mass is 459 g/mol. The van der Waals surface area contributed by atoms with Gasteiger partial charge in [0.25, 0.3) is 0 Å². The number of amides is 1. The zero-order chi connectivity index (χ0) is 24.2. The number of nitrogens with two attached hydrogens (primary N) is 1. The Hall–Kier alpha value is -4.71. The van der Waals surface area contributed by atoms with E-state index in [1.54, 1.807) is 0 Å². The van der Waals surface area contributed by atoms with Gasteiger partial charge in [0.1, 0.15) is 12.1 Å². The second-order valence-electron chi connectivity index (χ2n) is 8.33. The fourth-order valence-corrected chi connectivity index (χ4v) is 4.22. The molecular weight excluding hydrogens is 434 g/mol. The van der Waals surface area contributed by atoms with Gasteiger partial charge in [-0.1, -0.05) is 55.1 Å². The molecule has 0 spiro atoms. The molecule has 0 saturated heterocycles. The first-order chi connectivity index (χ1) is 17.1. The van der Waals surface area contributed by atoms with Crippen LogP contribution in [0.4, 0.5) is 17.2 Å². The van der Waals surface area contributed by atoms with Gasteiger partial charge in [-0.25, -0.2) is 9.97 Å². The van der Waals surface area contributed by atoms with Crippen LogP contribution in [0, 0.1) is 0 Å². The van der Waals surface area contributed by atoms with Gasteiger partial charge < -0.3 is 16.4 Å². The van der Waals surface area contributed by atoms with Crippen molar-refractivity contribution >= 4 is 34.0 Å². The molecule has 1 unspecified atom stereocenters. The number of nitrogens with zero attached hydrogens (tertiary/aromatic N) is 2. The van der Waals surface area contributed by atoms with Gasteiger partial charge in [-0.05, 0) is 65.6 Å². The van der Waals surface area contributed by atoms with E-state index in [-0.39, 0.29) is 11.9 Å². The van der Waals surface area contributed by atoms with Gasteiger partial charge in [0.2, 0.25) is 5.91 Å². The maximum absolute atomic E-state index is 11.8. The van der Waals surface area contributed by atoms with E-state index in [4.69, 9.17) is 5.73 Å². The number of fused-ring (bicyclic) bond motifs is 1. The molecule has 0 saturated carbocycles. The number of rotatable bonds is 6. The van der Waals surface area contributed by atoms with Gasteiger partial charge in [-0.2, -0.15) is 0 Å². The molecular formula is C29H25N5O. The molecule has 0 bridgehead atoms. The number of carbonyl (C=O) groups is 1. The molecule has 6 heteroatoms. The number of nitrogens with one attached hydrogen (secondary N) is 2. The van der Waals surface area contributed by atoms with Crippen molar-refractivity contribution in [2.75, 3.05) is 16.4 Å². The summed E-state index contributed by atoms with van der Waals surface area (Å²) in [6, 6.07) is 20.4.